The Hall–Kier alpha value is -9.44. The summed E-state index contributed by atoms with van der Waals surface area (Å²) >= 11 is 0. The highest BCUT2D eigenvalue weighted by Gasteiger charge is 2.59. The molecule has 3 heterocycles. The first-order valence-electron chi connectivity index (χ1n) is 27.7. The number of aliphatic hydroxyl groups is 1. The fraction of sp³-hybridized carbons (Fsp3) is 0.365. The number of aliphatic hydroxyl groups excluding tert-OH is 1. The third-order valence-electron chi connectivity index (χ3n) is 13.6. The number of rotatable bonds is 22. The van der Waals surface area contributed by atoms with Gasteiger partial charge in [0, 0.05) is 34.6 Å². The Morgan fingerprint density at radius 3 is 1.04 bits per heavy atom. The van der Waals surface area contributed by atoms with Crippen LogP contribution >= 0.6 is 0 Å². The van der Waals surface area contributed by atoms with Crippen molar-refractivity contribution >= 4 is 59.7 Å². The van der Waals surface area contributed by atoms with E-state index in [1.165, 1.54) is 97.1 Å². The molecule has 3 aliphatic heterocycles. The third-order valence-corrected chi connectivity index (χ3v) is 13.6. The van der Waals surface area contributed by atoms with E-state index in [4.69, 9.17) is 71.1 Å². The first-order valence-corrected chi connectivity index (χ1v) is 27.7. The van der Waals surface area contributed by atoms with E-state index in [0.717, 1.165) is 34.6 Å². The lowest BCUT2D eigenvalue weighted by Gasteiger charge is -2.48. The molecular weight excluding hydrogens is 1170 g/mol. The second-order valence-corrected chi connectivity index (χ2v) is 20.1. The van der Waals surface area contributed by atoms with Crippen molar-refractivity contribution in [3.05, 3.63) is 179 Å². The van der Waals surface area contributed by atoms with Crippen LogP contribution in [0.2, 0.25) is 0 Å². The molecule has 0 radical (unpaired) electrons. The van der Waals surface area contributed by atoms with E-state index in [-0.39, 0.29) is 27.8 Å². The largest absolute Gasteiger partial charge is 0.463 e. The van der Waals surface area contributed by atoms with E-state index in [2.05, 4.69) is 0 Å². The van der Waals surface area contributed by atoms with Crippen molar-refractivity contribution in [2.24, 2.45) is 0 Å². The van der Waals surface area contributed by atoms with Crippen molar-refractivity contribution in [3.8, 4) is 0 Å². The number of esters is 10. The van der Waals surface area contributed by atoms with Crippen LogP contribution in [0.4, 0.5) is 0 Å². The second kappa shape index (κ2) is 31.0. The van der Waals surface area contributed by atoms with Gasteiger partial charge in [0.25, 0.3) is 0 Å². The molecular formula is C63H62O26. The molecule has 0 bridgehead atoms. The maximum atomic E-state index is 14.5. The van der Waals surface area contributed by atoms with Gasteiger partial charge >= 0.3 is 59.7 Å². The Morgan fingerprint density at radius 2 is 0.618 bits per heavy atom. The van der Waals surface area contributed by atoms with Gasteiger partial charge in [0.2, 0.25) is 0 Å². The number of benzene rings is 5. The van der Waals surface area contributed by atoms with E-state index in [9.17, 15) is 53.1 Å². The summed E-state index contributed by atoms with van der Waals surface area (Å²) < 4.78 is 89.9. The zero-order valence-electron chi connectivity index (χ0n) is 48.4. The highest BCUT2D eigenvalue weighted by atomic mass is 16.8. The van der Waals surface area contributed by atoms with Gasteiger partial charge in [-0.1, -0.05) is 91.0 Å². The van der Waals surface area contributed by atoms with Crippen LogP contribution in [0.3, 0.4) is 0 Å². The van der Waals surface area contributed by atoms with Crippen molar-refractivity contribution in [3.63, 3.8) is 0 Å². The smallest absolute Gasteiger partial charge is 0.338 e. The van der Waals surface area contributed by atoms with E-state index in [0.29, 0.717) is 0 Å². The molecule has 1 unspecified atom stereocenters. The Balaban J connectivity index is 1.26. The van der Waals surface area contributed by atoms with Crippen LogP contribution in [-0.2, 0) is 95.0 Å². The van der Waals surface area contributed by atoms with Crippen LogP contribution in [0.5, 0.6) is 0 Å². The fourth-order valence-corrected chi connectivity index (χ4v) is 9.71. The summed E-state index contributed by atoms with van der Waals surface area (Å²) in [6.07, 6.45) is -28.8. The number of hydrogen-bond acceptors (Lipinski definition) is 26. The molecule has 0 aliphatic carbocycles. The molecule has 1 N–H and O–H groups in total. The summed E-state index contributed by atoms with van der Waals surface area (Å²) in [5, 5.41) is 12.2. The third kappa shape index (κ3) is 17.6. The van der Waals surface area contributed by atoms with E-state index >= 15 is 0 Å². The van der Waals surface area contributed by atoms with Gasteiger partial charge in [-0.05, 0) is 60.7 Å². The average Bonchev–Trinajstić information content (AvgIpc) is 1.61. The number of hydrogen-bond donors (Lipinski definition) is 1. The van der Waals surface area contributed by atoms with Gasteiger partial charge in [0.15, 0.2) is 67.7 Å². The molecule has 26 nitrogen and oxygen atoms in total. The molecule has 26 heteroatoms. The zero-order valence-corrected chi connectivity index (χ0v) is 48.4. The number of carbonyl (C=O) groups excluding carboxylic acids is 10. The van der Waals surface area contributed by atoms with Crippen LogP contribution in [0, 0.1) is 0 Å². The average molecular weight is 1240 g/mol. The predicted molar refractivity (Wildman–Crippen MR) is 297 cm³/mol. The zero-order chi connectivity index (χ0) is 63.7. The van der Waals surface area contributed by atoms with Gasteiger partial charge in [-0.25, -0.2) is 24.0 Å². The van der Waals surface area contributed by atoms with Crippen LogP contribution in [0.25, 0.3) is 0 Å². The lowest BCUT2D eigenvalue weighted by atomic mass is 9.95. The lowest BCUT2D eigenvalue weighted by molar-refractivity contribution is -0.360. The normalized spacial score (nSPS) is 26.3. The Kier molecular flexibility index (Phi) is 22.8. The molecule has 3 aliphatic rings. The molecule has 0 aromatic heterocycles. The fourth-order valence-electron chi connectivity index (χ4n) is 9.71. The van der Waals surface area contributed by atoms with Gasteiger partial charge in [0.1, 0.15) is 37.6 Å². The number of carbonyl (C=O) groups is 10. The van der Waals surface area contributed by atoms with Gasteiger partial charge in [-0.2, -0.15) is 0 Å². The minimum atomic E-state index is -2.31. The van der Waals surface area contributed by atoms with E-state index < -0.39 is 172 Å². The van der Waals surface area contributed by atoms with Crippen LogP contribution in [0.1, 0.15) is 86.4 Å². The molecule has 5 aromatic carbocycles. The van der Waals surface area contributed by atoms with Gasteiger partial charge in [-0.3, -0.25) is 24.0 Å². The van der Waals surface area contributed by atoms with Gasteiger partial charge < -0.3 is 76.2 Å². The first-order chi connectivity index (χ1) is 42.7. The summed E-state index contributed by atoms with van der Waals surface area (Å²) in [5.74, 6) is -9.99. The molecule has 89 heavy (non-hydrogen) atoms. The van der Waals surface area contributed by atoms with Crippen LogP contribution < -0.4 is 0 Å². The minimum Gasteiger partial charge on any atom is -0.463 e. The Labute approximate surface area is 508 Å². The molecule has 3 fully saturated rings. The highest BCUT2D eigenvalue weighted by molar-refractivity contribution is 5.92. The van der Waals surface area contributed by atoms with Crippen LogP contribution in [0.15, 0.2) is 152 Å². The SMILES string of the molecule is CC(=O)OC[C@H]1O[C@@H](OC[C@H]2OC(O)[C@H](OC(=O)c3ccccc3)[C@@H](O[C@@H]3O[C@H](COC(=O)c4ccccc4)[C@@H](OC(=O)c4ccccc4)[C@H](OC(=O)c4ccccc4)[C@H]3OC(=O)c3ccccc3)[C@@H]2OC(C)=O)[C@H](OC(C)=O)[C@@H](OC(C)=O)[C@@H]1OC(C)=O. The molecule has 3 saturated heterocycles. The van der Waals surface area contributed by atoms with E-state index in [1.54, 1.807) is 54.6 Å². The van der Waals surface area contributed by atoms with Crippen molar-refractivity contribution < 1.29 is 124 Å². The summed E-state index contributed by atoms with van der Waals surface area (Å²) in [7, 11) is 0. The Bertz CT molecular complexity index is 3260. The summed E-state index contributed by atoms with van der Waals surface area (Å²) in [4.78, 5) is 135. The maximum absolute atomic E-state index is 14.5. The topological polar surface area (TPSA) is 329 Å². The minimum absolute atomic E-state index is 0.0162. The van der Waals surface area contributed by atoms with Crippen molar-refractivity contribution in [2.75, 3.05) is 19.8 Å². The lowest BCUT2D eigenvalue weighted by Crippen LogP contribution is -2.67. The van der Waals surface area contributed by atoms with Gasteiger partial charge in [0.05, 0.1) is 34.4 Å². The van der Waals surface area contributed by atoms with E-state index in [1.807, 2.05) is 0 Å². The molecule has 0 spiro atoms. The van der Waals surface area contributed by atoms with Crippen molar-refractivity contribution in [2.45, 2.75) is 127 Å². The quantitative estimate of drug-likeness (QED) is 0.0730. The molecule has 0 amide bonds. The number of ether oxygens (including phenoxy) is 15. The maximum Gasteiger partial charge on any atom is 0.338 e. The summed E-state index contributed by atoms with van der Waals surface area (Å²) in [6, 6.07) is 37.4. The van der Waals surface area contributed by atoms with Gasteiger partial charge in [-0.15, -0.1) is 0 Å². The van der Waals surface area contributed by atoms with Crippen molar-refractivity contribution in [1.82, 2.24) is 0 Å². The van der Waals surface area contributed by atoms with Crippen molar-refractivity contribution in [1.29, 1.82) is 0 Å². The summed E-state index contributed by atoms with van der Waals surface area (Å²) in [5.41, 5.74) is -0.158. The highest BCUT2D eigenvalue weighted by Crippen LogP contribution is 2.38. The monoisotopic (exact) mass is 1230 g/mol. The first kappa shape index (κ1) is 65.5. The molecule has 8 rings (SSSR count). The standard InChI is InChI=1S/C63H62O26/c1-34(64)75-31-45-48(79-36(3)66)51(80-37(4)67)54(81-38(5)68)62(83-45)77-33-44-47(78-35(2)65)50(53(61(74)82-44)87-59(72)42-27-17-9-18-28-42)89-63-55(88-60(73)43-29-19-10-20-30-43)52(86-58(71)41-25-15-8-16-26-41)49(85-57(70)40-23-13-7-14-24-40)46(84-63)32-76-56(69)39-21-11-6-12-22-39/h6-30,44-55,61-63,74H,31-33H2,1-5H3/t44-,45-,46-,47-,48-,49-,50+,51+,52+,53-,54-,55-,61?,62-,63+/m1/s1. The second-order valence-electron chi connectivity index (χ2n) is 20.1. The van der Waals surface area contributed by atoms with Crippen LogP contribution in [-0.4, -0.2) is 177 Å². The predicted octanol–water partition coefficient (Wildman–Crippen LogP) is 4.60. The molecule has 0 saturated carbocycles. The molecule has 470 valence electrons. The molecule has 5 aromatic rings. The Morgan fingerprint density at radius 1 is 0.315 bits per heavy atom. The molecule has 15 atom stereocenters. The summed E-state index contributed by atoms with van der Waals surface area (Å²) in [6.45, 7) is 2.64.